The molecule has 0 atom stereocenters. The van der Waals surface area contributed by atoms with E-state index in [0.29, 0.717) is 12.1 Å². The normalized spacial score (nSPS) is 10.5. The molecule has 0 aliphatic rings. The molecule has 23 heavy (non-hydrogen) atoms. The van der Waals surface area contributed by atoms with Crippen molar-refractivity contribution in [1.29, 1.82) is 0 Å². The maximum absolute atomic E-state index is 11.5. The van der Waals surface area contributed by atoms with E-state index in [0.717, 1.165) is 10.4 Å². The van der Waals surface area contributed by atoms with Gasteiger partial charge in [-0.3, -0.25) is 4.79 Å². The molecule has 1 aromatic carbocycles. The summed E-state index contributed by atoms with van der Waals surface area (Å²) >= 11 is 1.58. The summed E-state index contributed by atoms with van der Waals surface area (Å²) in [5, 5.41) is 8.41. The Bertz CT molecular complexity index is 666. The molecule has 2 aromatic rings. The predicted octanol–water partition coefficient (Wildman–Crippen LogP) is 2.20. The molecule has 6 nitrogen and oxygen atoms in total. The molecule has 1 heterocycles. The minimum atomic E-state index is -0.396. The number of ether oxygens (including phenoxy) is 1. The Kier molecular flexibility index (Phi) is 6.31. The van der Waals surface area contributed by atoms with Crippen molar-refractivity contribution in [3.63, 3.8) is 0 Å². The number of methoxy groups -OCH3 is 1. The van der Waals surface area contributed by atoms with Gasteiger partial charge < -0.3 is 14.9 Å². The van der Waals surface area contributed by atoms with E-state index in [1.54, 1.807) is 35.6 Å². The molecule has 1 amide bonds. The first-order valence-electron chi connectivity index (χ1n) is 6.82. The molecule has 0 spiro atoms. The Morgan fingerprint density at radius 2 is 2.04 bits per heavy atom. The van der Waals surface area contributed by atoms with E-state index in [4.69, 9.17) is 4.84 Å². The van der Waals surface area contributed by atoms with Crippen LogP contribution in [0.2, 0.25) is 0 Å². The number of benzene rings is 1. The van der Waals surface area contributed by atoms with Gasteiger partial charge in [0, 0.05) is 4.88 Å². The van der Waals surface area contributed by atoms with E-state index in [1.807, 2.05) is 17.5 Å². The SMILES string of the molecule is COC(=O)c1ccc(/C=N/OCC(=O)NCc2cccs2)cc1. The second kappa shape index (κ2) is 8.70. The summed E-state index contributed by atoms with van der Waals surface area (Å²) in [4.78, 5) is 28.8. The van der Waals surface area contributed by atoms with Crippen molar-refractivity contribution in [3.8, 4) is 0 Å². The zero-order chi connectivity index (χ0) is 16.5. The number of nitrogens with one attached hydrogen (secondary N) is 1. The van der Waals surface area contributed by atoms with Crippen molar-refractivity contribution >= 4 is 29.4 Å². The van der Waals surface area contributed by atoms with Crippen LogP contribution in [0.1, 0.15) is 20.8 Å². The number of thiophene rings is 1. The van der Waals surface area contributed by atoms with Gasteiger partial charge in [-0.15, -0.1) is 11.3 Å². The zero-order valence-electron chi connectivity index (χ0n) is 12.5. The summed E-state index contributed by atoms with van der Waals surface area (Å²) in [7, 11) is 1.33. The highest BCUT2D eigenvalue weighted by molar-refractivity contribution is 7.09. The van der Waals surface area contributed by atoms with Gasteiger partial charge in [-0.05, 0) is 29.1 Å². The average Bonchev–Trinajstić information content (AvgIpc) is 3.10. The summed E-state index contributed by atoms with van der Waals surface area (Å²) in [5.74, 6) is -0.635. The summed E-state index contributed by atoms with van der Waals surface area (Å²) in [6.45, 7) is 0.334. The largest absolute Gasteiger partial charge is 0.465 e. The first-order chi connectivity index (χ1) is 11.2. The van der Waals surface area contributed by atoms with Gasteiger partial charge in [0.2, 0.25) is 0 Å². The number of rotatable bonds is 7. The van der Waals surface area contributed by atoms with Gasteiger partial charge in [0.05, 0.1) is 25.4 Å². The zero-order valence-corrected chi connectivity index (χ0v) is 13.3. The molecule has 0 aliphatic carbocycles. The van der Waals surface area contributed by atoms with Crippen LogP contribution >= 0.6 is 11.3 Å². The lowest BCUT2D eigenvalue weighted by molar-refractivity contribution is -0.125. The molecular weight excluding hydrogens is 316 g/mol. The Hall–Kier alpha value is -2.67. The minimum absolute atomic E-state index is 0.151. The number of carbonyl (C=O) groups is 2. The molecule has 1 N–H and O–H groups in total. The van der Waals surface area contributed by atoms with E-state index >= 15 is 0 Å². The van der Waals surface area contributed by atoms with Crippen LogP contribution < -0.4 is 5.32 Å². The molecule has 1 aromatic heterocycles. The fraction of sp³-hybridized carbons (Fsp3) is 0.188. The van der Waals surface area contributed by atoms with E-state index in [2.05, 4.69) is 15.2 Å². The first kappa shape index (κ1) is 16.7. The Morgan fingerprint density at radius 3 is 2.70 bits per heavy atom. The van der Waals surface area contributed by atoms with Crippen molar-refractivity contribution in [1.82, 2.24) is 5.32 Å². The van der Waals surface area contributed by atoms with Gasteiger partial charge >= 0.3 is 5.97 Å². The maximum Gasteiger partial charge on any atom is 0.337 e. The second-order valence-electron chi connectivity index (χ2n) is 4.48. The van der Waals surface area contributed by atoms with Gasteiger partial charge in [0.1, 0.15) is 0 Å². The number of amides is 1. The number of hydrogen-bond acceptors (Lipinski definition) is 6. The molecule has 0 aliphatic heterocycles. The molecule has 0 unspecified atom stereocenters. The highest BCUT2D eigenvalue weighted by Crippen LogP contribution is 2.07. The van der Waals surface area contributed by atoms with Gasteiger partial charge in [-0.25, -0.2) is 4.79 Å². The lowest BCUT2D eigenvalue weighted by atomic mass is 10.1. The van der Waals surface area contributed by atoms with E-state index in [1.165, 1.54) is 13.3 Å². The number of nitrogens with zero attached hydrogens (tertiary/aromatic N) is 1. The molecule has 2 rings (SSSR count). The quantitative estimate of drug-likeness (QED) is 0.479. The van der Waals surface area contributed by atoms with Crippen molar-refractivity contribution in [2.45, 2.75) is 6.54 Å². The van der Waals surface area contributed by atoms with Gasteiger partial charge in [0.15, 0.2) is 6.61 Å². The number of oxime groups is 1. The van der Waals surface area contributed by atoms with Crippen LogP contribution in [0.3, 0.4) is 0 Å². The molecule has 0 radical (unpaired) electrons. The Morgan fingerprint density at radius 1 is 1.26 bits per heavy atom. The van der Waals surface area contributed by atoms with Crippen molar-refractivity contribution in [3.05, 3.63) is 57.8 Å². The van der Waals surface area contributed by atoms with Crippen LogP contribution in [0.15, 0.2) is 46.9 Å². The van der Waals surface area contributed by atoms with Crippen molar-refractivity contribution in [2.24, 2.45) is 5.16 Å². The minimum Gasteiger partial charge on any atom is -0.465 e. The van der Waals surface area contributed by atoms with E-state index in [9.17, 15) is 9.59 Å². The summed E-state index contributed by atoms with van der Waals surface area (Å²) < 4.78 is 4.61. The van der Waals surface area contributed by atoms with E-state index < -0.39 is 5.97 Å². The monoisotopic (exact) mass is 332 g/mol. The maximum atomic E-state index is 11.5. The third-order valence-corrected chi connectivity index (χ3v) is 3.72. The van der Waals surface area contributed by atoms with E-state index in [-0.39, 0.29) is 12.5 Å². The van der Waals surface area contributed by atoms with Crippen molar-refractivity contribution < 1.29 is 19.2 Å². The fourth-order valence-corrected chi connectivity index (χ4v) is 2.31. The molecule has 120 valence electrons. The summed E-state index contributed by atoms with van der Waals surface area (Å²) in [5.41, 5.74) is 1.20. The lowest BCUT2D eigenvalue weighted by Gasteiger charge is -2.02. The van der Waals surface area contributed by atoms with Crippen LogP contribution in [0.5, 0.6) is 0 Å². The van der Waals surface area contributed by atoms with Gasteiger partial charge in [-0.2, -0.15) is 0 Å². The number of carbonyl (C=O) groups excluding carboxylic acids is 2. The van der Waals surface area contributed by atoms with Crippen LogP contribution in [0.25, 0.3) is 0 Å². The van der Waals surface area contributed by atoms with Crippen molar-refractivity contribution in [2.75, 3.05) is 13.7 Å². The number of esters is 1. The molecule has 7 heteroatoms. The molecule has 0 bridgehead atoms. The van der Waals surface area contributed by atoms with Crippen LogP contribution in [0.4, 0.5) is 0 Å². The smallest absolute Gasteiger partial charge is 0.337 e. The topological polar surface area (TPSA) is 77.0 Å². The highest BCUT2D eigenvalue weighted by atomic mass is 32.1. The lowest BCUT2D eigenvalue weighted by Crippen LogP contribution is -2.26. The molecular formula is C16H16N2O4S. The Balaban J connectivity index is 1.71. The fourth-order valence-electron chi connectivity index (χ4n) is 1.67. The van der Waals surface area contributed by atoms with Crippen LogP contribution in [-0.2, 0) is 20.9 Å². The molecule has 0 fully saturated rings. The molecule has 0 saturated heterocycles. The van der Waals surface area contributed by atoms with Crippen LogP contribution in [0, 0.1) is 0 Å². The third kappa shape index (κ3) is 5.55. The third-order valence-electron chi connectivity index (χ3n) is 2.84. The second-order valence-corrected chi connectivity index (χ2v) is 5.51. The Labute approximate surface area is 137 Å². The average molecular weight is 332 g/mol. The van der Waals surface area contributed by atoms with Crippen LogP contribution in [-0.4, -0.2) is 31.8 Å². The standard InChI is InChI=1S/C16H16N2O4S/c1-21-16(20)13-6-4-12(5-7-13)9-18-22-11-15(19)17-10-14-3-2-8-23-14/h2-9H,10-11H2,1H3,(H,17,19)/b18-9+. The highest BCUT2D eigenvalue weighted by Gasteiger charge is 2.04. The number of hydrogen-bond donors (Lipinski definition) is 1. The molecule has 0 saturated carbocycles. The van der Waals surface area contributed by atoms with Gasteiger partial charge in [0.25, 0.3) is 5.91 Å². The van der Waals surface area contributed by atoms with Gasteiger partial charge in [-0.1, -0.05) is 23.4 Å². The predicted molar refractivity (Wildman–Crippen MR) is 87.5 cm³/mol. The first-order valence-corrected chi connectivity index (χ1v) is 7.70. The summed E-state index contributed by atoms with van der Waals surface area (Å²) in [6, 6.07) is 10.5. The summed E-state index contributed by atoms with van der Waals surface area (Å²) in [6.07, 6.45) is 1.47.